The summed E-state index contributed by atoms with van der Waals surface area (Å²) < 4.78 is 10.8. The average molecular weight is 259 g/mol. The predicted molar refractivity (Wildman–Crippen MR) is 72.5 cm³/mol. The molecule has 0 atom stereocenters. The third-order valence-electron chi connectivity index (χ3n) is 2.53. The van der Waals surface area contributed by atoms with Crippen molar-refractivity contribution in [1.82, 2.24) is 15.3 Å². The van der Waals surface area contributed by atoms with Gasteiger partial charge in [0.1, 0.15) is 0 Å². The van der Waals surface area contributed by atoms with Crippen LogP contribution < -0.4 is 14.8 Å². The van der Waals surface area contributed by atoms with Gasteiger partial charge in [0, 0.05) is 24.5 Å². The van der Waals surface area contributed by atoms with Gasteiger partial charge in [-0.15, -0.1) is 0 Å². The van der Waals surface area contributed by atoms with Crippen LogP contribution in [0, 0.1) is 0 Å². The highest BCUT2D eigenvalue weighted by molar-refractivity contribution is 5.40. The normalized spacial score (nSPS) is 10.2. The van der Waals surface area contributed by atoms with Gasteiger partial charge in [0.25, 0.3) is 0 Å². The second-order valence-electron chi connectivity index (χ2n) is 3.91. The molecule has 1 heterocycles. The Morgan fingerprint density at radius 2 is 1.79 bits per heavy atom. The lowest BCUT2D eigenvalue weighted by atomic mass is 10.3. The maximum Gasteiger partial charge on any atom is 0.322 e. The summed E-state index contributed by atoms with van der Waals surface area (Å²) in [6.07, 6.45) is 3.50. The van der Waals surface area contributed by atoms with Crippen molar-refractivity contribution < 1.29 is 9.47 Å². The van der Waals surface area contributed by atoms with Crippen molar-refractivity contribution in [3.8, 4) is 17.5 Å². The van der Waals surface area contributed by atoms with Crippen molar-refractivity contribution in [2.75, 3.05) is 13.7 Å². The van der Waals surface area contributed by atoms with Crippen LogP contribution in [0.25, 0.3) is 0 Å². The molecule has 1 aromatic carbocycles. The predicted octanol–water partition coefficient (Wildman–Crippen LogP) is 2.39. The van der Waals surface area contributed by atoms with Gasteiger partial charge in [0.05, 0.1) is 7.11 Å². The van der Waals surface area contributed by atoms with Gasteiger partial charge >= 0.3 is 6.01 Å². The maximum absolute atomic E-state index is 5.59. The molecule has 1 aromatic heterocycles. The number of benzene rings is 1. The zero-order valence-electron chi connectivity index (χ0n) is 11.1. The molecule has 19 heavy (non-hydrogen) atoms. The highest BCUT2D eigenvalue weighted by atomic mass is 16.5. The van der Waals surface area contributed by atoms with Crippen LogP contribution in [0.1, 0.15) is 12.5 Å². The van der Waals surface area contributed by atoms with E-state index < -0.39 is 0 Å². The summed E-state index contributed by atoms with van der Waals surface area (Å²) in [7, 11) is 1.60. The first-order valence-corrected chi connectivity index (χ1v) is 6.16. The molecule has 0 spiro atoms. The Morgan fingerprint density at radius 1 is 1.11 bits per heavy atom. The van der Waals surface area contributed by atoms with E-state index in [1.807, 2.05) is 24.3 Å². The van der Waals surface area contributed by atoms with Gasteiger partial charge in [0.2, 0.25) is 0 Å². The zero-order chi connectivity index (χ0) is 13.5. The fourth-order valence-corrected chi connectivity index (χ4v) is 1.56. The molecule has 2 rings (SSSR count). The number of methoxy groups -OCH3 is 1. The molecule has 0 saturated heterocycles. The van der Waals surface area contributed by atoms with Crippen molar-refractivity contribution in [3.05, 3.63) is 42.2 Å². The first kappa shape index (κ1) is 13.3. The smallest absolute Gasteiger partial charge is 0.322 e. The minimum Gasteiger partial charge on any atom is -0.493 e. The second kappa shape index (κ2) is 6.70. The van der Waals surface area contributed by atoms with E-state index in [1.54, 1.807) is 19.5 Å². The van der Waals surface area contributed by atoms with Crippen LogP contribution in [0.3, 0.4) is 0 Å². The standard InChI is InChI=1S/C14H17N3O2/c1-3-15-8-11-9-16-14(17-10-11)19-13-7-5-4-6-12(13)18-2/h4-7,9-10,15H,3,8H2,1-2H3. The first-order chi connectivity index (χ1) is 9.33. The van der Waals surface area contributed by atoms with Crippen molar-refractivity contribution >= 4 is 0 Å². The van der Waals surface area contributed by atoms with E-state index in [0.29, 0.717) is 17.5 Å². The van der Waals surface area contributed by atoms with Gasteiger partial charge in [-0.1, -0.05) is 19.1 Å². The average Bonchev–Trinajstić information content (AvgIpc) is 2.47. The van der Waals surface area contributed by atoms with Crippen LogP contribution in [-0.2, 0) is 6.54 Å². The number of hydrogen-bond acceptors (Lipinski definition) is 5. The number of para-hydroxylation sites is 2. The molecule has 0 aliphatic carbocycles. The van der Waals surface area contributed by atoms with Gasteiger partial charge in [-0.05, 0) is 18.7 Å². The highest BCUT2D eigenvalue weighted by Gasteiger charge is 2.06. The Hall–Kier alpha value is -2.14. The molecule has 100 valence electrons. The molecule has 0 unspecified atom stereocenters. The zero-order valence-corrected chi connectivity index (χ0v) is 11.1. The molecule has 5 heteroatoms. The van der Waals surface area contributed by atoms with Gasteiger partial charge in [-0.2, -0.15) is 0 Å². The largest absolute Gasteiger partial charge is 0.493 e. The van der Waals surface area contributed by atoms with Crippen molar-refractivity contribution in [1.29, 1.82) is 0 Å². The quantitative estimate of drug-likeness (QED) is 0.863. The lowest BCUT2D eigenvalue weighted by Crippen LogP contribution is -2.12. The van der Waals surface area contributed by atoms with Crippen molar-refractivity contribution in [3.63, 3.8) is 0 Å². The highest BCUT2D eigenvalue weighted by Crippen LogP contribution is 2.28. The molecule has 0 bridgehead atoms. The molecule has 0 fully saturated rings. The molecular formula is C14H17N3O2. The molecule has 0 aliphatic heterocycles. The van der Waals surface area contributed by atoms with Crippen LogP contribution in [0.2, 0.25) is 0 Å². The minimum absolute atomic E-state index is 0.310. The van der Waals surface area contributed by atoms with E-state index >= 15 is 0 Å². The summed E-state index contributed by atoms with van der Waals surface area (Å²) in [5, 5.41) is 3.21. The molecule has 0 amide bonds. The summed E-state index contributed by atoms with van der Waals surface area (Å²) in [4.78, 5) is 8.35. The molecule has 5 nitrogen and oxygen atoms in total. The molecule has 1 N–H and O–H groups in total. The topological polar surface area (TPSA) is 56.3 Å². The van der Waals surface area contributed by atoms with Crippen LogP contribution in [0.15, 0.2) is 36.7 Å². The number of aromatic nitrogens is 2. The van der Waals surface area contributed by atoms with E-state index in [1.165, 1.54) is 0 Å². The van der Waals surface area contributed by atoms with E-state index in [0.717, 1.165) is 18.7 Å². The lowest BCUT2D eigenvalue weighted by Gasteiger charge is -2.08. The van der Waals surface area contributed by atoms with Crippen LogP contribution >= 0.6 is 0 Å². The first-order valence-electron chi connectivity index (χ1n) is 6.16. The van der Waals surface area contributed by atoms with Crippen LogP contribution in [0.5, 0.6) is 17.5 Å². The van der Waals surface area contributed by atoms with E-state index in [-0.39, 0.29) is 0 Å². The van der Waals surface area contributed by atoms with Gasteiger partial charge in [-0.25, -0.2) is 9.97 Å². The Bertz CT molecular complexity index is 514. The number of nitrogens with one attached hydrogen (secondary N) is 1. The number of rotatable bonds is 6. The number of nitrogens with zero attached hydrogens (tertiary/aromatic N) is 2. The lowest BCUT2D eigenvalue weighted by molar-refractivity contribution is 0.368. The fraction of sp³-hybridized carbons (Fsp3) is 0.286. The van der Waals surface area contributed by atoms with Gasteiger partial charge in [-0.3, -0.25) is 0 Å². The Labute approximate surface area is 112 Å². The summed E-state index contributed by atoms with van der Waals surface area (Å²) in [6, 6.07) is 7.71. The molecule has 0 saturated carbocycles. The summed E-state index contributed by atoms with van der Waals surface area (Å²) in [6.45, 7) is 3.73. The number of hydrogen-bond donors (Lipinski definition) is 1. The Kier molecular flexibility index (Phi) is 4.69. The molecular weight excluding hydrogens is 242 g/mol. The van der Waals surface area contributed by atoms with Gasteiger partial charge < -0.3 is 14.8 Å². The minimum atomic E-state index is 0.310. The van der Waals surface area contributed by atoms with Crippen molar-refractivity contribution in [2.24, 2.45) is 0 Å². The summed E-state index contributed by atoms with van der Waals surface area (Å²) in [5.74, 6) is 1.26. The van der Waals surface area contributed by atoms with Crippen LogP contribution in [-0.4, -0.2) is 23.6 Å². The third-order valence-corrected chi connectivity index (χ3v) is 2.53. The fourth-order valence-electron chi connectivity index (χ4n) is 1.56. The molecule has 0 radical (unpaired) electrons. The third kappa shape index (κ3) is 3.66. The summed E-state index contributed by atoms with van der Waals surface area (Å²) in [5.41, 5.74) is 1.02. The van der Waals surface area contributed by atoms with Crippen LogP contribution in [0.4, 0.5) is 0 Å². The Balaban J connectivity index is 2.06. The SMILES string of the molecule is CCNCc1cnc(Oc2ccccc2OC)nc1. The van der Waals surface area contributed by atoms with Crippen molar-refractivity contribution in [2.45, 2.75) is 13.5 Å². The molecule has 0 aliphatic rings. The second-order valence-corrected chi connectivity index (χ2v) is 3.91. The van der Waals surface area contributed by atoms with E-state index in [9.17, 15) is 0 Å². The number of ether oxygens (including phenoxy) is 2. The maximum atomic E-state index is 5.59. The monoisotopic (exact) mass is 259 g/mol. The van der Waals surface area contributed by atoms with E-state index in [2.05, 4.69) is 22.2 Å². The Morgan fingerprint density at radius 3 is 2.42 bits per heavy atom. The van der Waals surface area contributed by atoms with E-state index in [4.69, 9.17) is 9.47 Å². The molecule has 2 aromatic rings. The van der Waals surface area contributed by atoms with Gasteiger partial charge in [0.15, 0.2) is 11.5 Å². The summed E-state index contributed by atoms with van der Waals surface area (Å²) >= 11 is 0.